The van der Waals surface area contributed by atoms with E-state index in [4.69, 9.17) is 0 Å². The van der Waals surface area contributed by atoms with E-state index < -0.39 is 5.60 Å². The molecule has 20 heavy (non-hydrogen) atoms. The smallest absolute Gasteiger partial charge is 0.140 e. The third kappa shape index (κ3) is 2.08. The zero-order valence-corrected chi connectivity index (χ0v) is 11.8. The minimum absolute atomic E-state index is 0.852. The number of hydrogen-bond acceptors (Lipinski definition) is 3. The predicted octanol–water partition coefficient (Wildman–Crippen LogP) is 2.86. The Hall–Kier alpha value is -2.20. The molecule has 0 spiro atoms. The van der Waals surface area contributed by atoms with Crippen molar-refractivity contribution in [3.8, 4) is 11.4 Å². The van der Waals surface area contributed by atoms with Crippen molar-refractivity contribution in [2.75, 3.05) is 0 Å². The quantitative estimate of drug-likeness (QED) is 0.776. The molecule has 102 valence electrons. The summed E-state index contributed by atoms with van der Waals surface area (Å²) in [5.74, 6) is 0.898. The van der Waals surface area contributed by atoms with Crippen molar-refractivity contribution < 1.29 is 5.11 Å². The molecule has 0 saturated heterocycles. The Morgan fingerprint density at radius 3 is 2.45 bits per heavy atom. The number of aromatic nitrogens is 3. The van der Waals surface area contributed by atoms with Gasteiger partial charge in [0.15, 0.2) is 0 Å². The Balaban J connectivity index is 2.21. The van der Waals surface area contributed by atoms with Gasteiger partial charge in [0.1, 0.15) is 5.82 Å². The maximum absolute atomic E-state index is 10.1. The first-order valence-corrected chi connectivity index (χ1v) is 6.56. The van der Waals surface area contributed by atoms with E-state index in [0.29, 0.717) is 0 Å². The molecule has 1 N–H and O–H groups in total. The maximum Gasteiger partial charge on any atom is 0.140 e. The summed E-state index contributed by atoms with van der Waals surface area (Å²) in [6.45, 7) is 3.57. The zero-order valence-electron chi connectivity index (χ0n) is 11.8. The molecule has 0 radical (unpaired) electrons. The summed E-state index contributed by atoms with van der Waals surface area (Å²) in [5, 5.41) is 10.1. The number of nitrogens with zero attached hydrogens (tertiary/aromatic N) is 3. The Bertz CT molecular complexity index is 754. The van der Waals surface area contributed by atoms with Crippen molar-refractivity contribution >= 4 is 11.0 Å². The molecule has 3 rings (SSSR count). The van der Waals surface area contributed by atoms with Crippen molar-refractivity contribution in [1.82, 2.24) is 14.5 Å². The Kier molecular flexibility index (Phi) is 2.83. The summed E-state index contributed by atoms with van der Waals surface area (Å²) >= 11 is 0. The Morgan fingerprint density at radius 2 is 1.80 bits per heavy atom. The molecule has 0 saturated carbocycles. The number of rotatable bonds is 2. The summed E-state index contributed by atoms with van der Waals surface area (Å²) in [6.07, 6.45) is 3.52. The van der Waals surface area contributed by atoms with Gasteiger partial charge in [0.25, 0.3) is 0 Å². The molecule has 0 unspecified atom stereocenters. The fraction of sp³-hybridized carbons (Fsp3) is 0.250. The molecule has 0 atom stereocenters. The lowest BCUT2D eigenvalue weighted by Crippen LogP contribution is -2.15. The largest absolute Gasteiger partial charge is 0.386 e. The number of aliphatic hydroxyl groups is 1. The second-order valence-electron chi connectivity index (χ2n) is 5.49. The molecular formula is C16H17N3O. The van der Waals surface area contributed by atoms with Crippen LogP contribution in [-0.2, 0) is 12.6 Å². The van der Waals surface area contributed by atoms with Gasteiger partial charge in [0, 0.05) is 25.0 Å². The van der Waals surface area contributed by atoms with Gasteiger partial charge < -0.3 is 9.67 Å². The fourth-order valence-electron chi connectivity index (χ4n) is 2.33. The van der Waals surface area contributed by atoms with E-state index in [2.05, 4.69) is 9.97 Å². The molecule has 4 nitrogen and oxygen atoms in total. The third-order valence-electron chi connectivity index (χ3n) is 3.53. The number of aryl methyl sites for hydroxylation is 1. The zero-order chi connectivity index (χ0) is 14.3. The molecule has 4 heteroatoms. The minimum atomic E-state index is -0.852. The topological polar surface area (TPSA) is 50.9 Å². The van der Waals surface area contributed by atoms with E-state index >= 15 is 0 Å². The second kappa shape index (κ2) is 4.42. The molecule has 0 bridgehead atoms. The monoisotopic (exact) mass is 267 g/mol. The summed E-state index contributed by atoms with van der Waals surface area (Å²) in [7, 11) is 1.99. The van der Waals surface area contributed by atoms with Crippen LogP contribution < -0.4 is 0 Å². The molecule has 2 heterocycles. The van der Waals surface area contributed by atoms with E-state index in [1.165, 1.54) is 0 Å². The first kappa shape index (κ1) is 12.8. The van der Waals surface area contributed by atoms with E-state index in [1.54, 1.807) is 26.2 Å². The van der Waals surface area contributed by atoms with Gasteiger partial charge >= 0.3 is 0 Å². The molecule has 3 aromatic rings. The first-order valence-electron chi connectivity index (χ1n) is 6.56. The van der Waals surface area contributed by atoms with Crippen LogP contribution in [-0.4, -0.2) is 19.6 Å². The Morgan fingerprint density at radius 1 is 1.10 bits per heavy atom. The molecule has 0 amide bonds. The number of fused-ring (bicyclic) bond motifs is 1. The predicted molar refractivity (Wildman–Crippen MR) is 79.2 cm³/mol. The second-order valence-corrected chi connectivity index (χ2v) is 5.49. The van der Waals surface area contributed by atoms with Crippen LogP contribution in [0.2, 0.25) is 0 Å². The van der Waals surface area contributed by atoms with Gasteiger partial charge in [-0.1, -0.05) is 6.07 Å². The standard InChI is InChI=1S/C16H17N3O/c1-16(2,20)12-4-5-13-14(10-12)19(3)15(18-13)11-6-8-17-9-7-11/h4-10,20H,1-3H3. The van der Waals surface area contributed by atoms with Crippen molar-refractivity contribution in [3.05, 3.63) is 48.3 Å². The van der Waals surface area contributed by atoms with Gasteiger partial charge in [-0.05, 0) is 43.7 Å². The number of imidazole rings is 1. The molecule has 0 aliphatic heterocycles. The van der Waals surface area contributed by atoms with Crippen molar-refractivity contribution in [2.24, 2.45) is 7.05 Å². The Labute approximate surface area is 117 Å². The van der Waals surface area contributed by atoms with Gasteiger partial charge in [-0.25, -0.2) is 4.98 Å². The normalized spacial score (nSPS) is 12.0. The van der Waals surface area contributed by atoms with Crippen LogP contribution in [0.4, 0.5) is 0 Å². The van der Waals surface area contributed by atoms with Gasteiger partial charge in [-0.15, -0.1) is 0 Å². The highest BCUT2D eigenvalue weighted by molar-refractivity contribution is 5.81. The van der Waals surface area contributed by atoms with Crippen LogP contribution in [0.5, 0.6) is 0 Å². The maximum atomic E-state index is 10.1. The average Bonchev–Trinajstić information content (AvgIpc) is 2.76. The average molecular weight is 267 g/mol. The van der Waals surface area contributed by atoms with E-state index in [0.717, 1.165) is 28.0 Å². The van der Waals surface area contributed by atoms with Gasteiger partial charge in [-0.2, -0.15) is 0 Å². The fourth-order valence-corrected chi connectivity index (χ4v) is 2.33. The van der Waals surface area contributed by atoms with Crippen LogP contribution in [0.25, 0.3) is 22.4 Å². The summed E-state index contributed by atoms with van der Waals surface area (Å²) in [6, 6.07) is 9.75. The van der Waals surface area contributed by atoms with Crippen molar-refractivity contribution in [2.45, 2.75) is 19.4 Å². The van der Waals surface area contributed by atoms with Crippen LogP contribution in [0.15, 0.2) is 42.7 Å². The van der Waals surface area contributed by atoms with E-state index in [9.17, 15) is 5.11 Å². The lowest BCUT2D eigenvalue weighted by molar-refractivity contribution is 0.0787. The van der Waals surface area contributed by atoms with Gasteiger partial charge in [0.05, 0.1) is 16.6 Å². The first-order chi connectivity index (χ1) is 9.47. The highest BCUT2D eigenvalue weighted by Gasteiger charge is 2.18. The van der Waals surface area contributed by atoms with Crippen LogP contribution in [0.1, 0.15) is 19.4 Å². The number of hydrogen-bond donors (Lipinski definition) is 1. The number of benzene rings is 1. The molecule has 0 aliphatic rings. The minimum Gasteiger partial charge on any atom is -0.386 e. The molecule has 2 aromatic heterocycles. The molecular weight excluding hydrogens is 250 g/mol. The third-order valence-corrected chi connectivity index (χ3v) is 3.53. The summed E-state index contributed by atoms with van der Waals surface area (Å²) < 4.78 is 2.04. The highest BCUT2D eigenvalue weighted by atomic mass is 16.3. The van der Waals surface area contributed by atoms with Crippen LogP contribution in [0, 0.1) is 0 Å². The van der Waals surface area contributed by atoms with Gasteiger partial charge in [0.2, 0.25) is 0 Å². The number of pyridine rings is 1. The van der Waals surface area contributed by atoms with E-state index in [1.807, 2.05) is 41.9 Å². The van der Waals surface area contributed by atoms with Crippen molar-refractivity contribution in [3.63, 3.8) is 0 Å². The lowest BCUT2D eigenvalue weighted by atomic mass is 9.98. The van der Waals surface area contributed by atoms with Gasteiger partial charge in [-0.3, -0.25) is 4.98 Å². The molecule has 0 aliphatic carbocycles. The molecule has 1 aromatic carbocycles. The lowest BCUT2D eigenvalue weighted by Gasteiger charge is -2.17. The van der Waals surface area contributed by atoms with E-state index in [-0.39, 0.29) is 0 Å². The summed E-state index contributed by atoms with van der Waals surface area (Å²) in [4.78, 5) is 8.69. The highest BCUT2D eigenvalue weighted by Crippen LogP contribution is 2.27. The van der Waals surface area contributed by atoms with Crippen molar-refractivity contribution in [1.29, 1.82) is 0 Å². The SMILES string of the molecule is Cn1c(-c2ccncc2)nc2ccc(C(C)(C)O)cc21. The van der Waals surface area contributed by atoms with Crippen LogP contribution in [0.3, 0.4) is 0 Å². The molecule has 0 fully saturated rings. The summed E-state index contributed by atoms with van der Waals surface area (Å²) in [5.41, 5.74) is 3.00. The van der Waals surface area contributed by atoms with Crippen LogP contribution >= 0.6 is 0 Å².